The summed E-state index contributed by atoms with van der Waals surface area (Å²) in [6.45, 7) is -0.659. The van der Waals surface area contributed by atoms with E-state index in [0.717, 1.165) is 14.2 Å². The van der Waals surface area contributed by atoms with Gasteiger partial charge < -0.3 is 4.74 Å². The first-order valence-corrected chi connectivity index (χ1v) is 7.09. The molecule has 0 aliphatic rings. The minimum atomic E-state index is -3.64. The molecule has 1 aromatic carbocycles. The van der Waals surface area contributed by atoms with Crippen LogP contribution in [0.25, 0.3) is 0 Å². The van der Waals surface area contributed by atoms with Gasteiger partial charge in [-0.1, -0.05) is 17.7 Å². The summed E-state index contributed by atoms with van der Waals surface area (Å²) in [5.74, 6) is 0.0526. The smallest absolute Gasteiger partial charge is 0.474 e. The first-order valence-electron chi connectivity index (χ1n) is 5.25. The van der Waals surface area contributed by atoms with Crippen LogP contribution >= 0.6 is 19.4 Å². The maximum atomic E-state index is 11.5. The van der Waals surface area contributed by atoms with E-state index in [1.54, 1.807) is 24.3 Å². The van der Waals surface area contributed by atoms with Crippen molar-refractivity contribution in [3.63, 3.8) is 0 Å². The lowest BCUT2D eigenvalue weighted by molar-refractivity contribution is -0.123. The Kier molecular flexibility index (Phi) is 6.48. The van der Waals surface area contributed by atoms with E-state index in [4.69, 9.17) is 20.9 Å². The molecule has 0 aromatic heterocycles. The Morgan fingerprint density at radius 1 is 1.26 bits per heavy atom. The van der Waals surface area contributed by atoms with E-state index in [1.165, 1.54) is 0 Å². The van der Waals surface area contributed by atoms with Gasteiger partial charge in [0.05, 0.1) is 0 Å². The molecule has 1 aromatic rings. The number of phosphoric ester groups is 1. The SMILES string of the molecule is COP(=O)(OC)OCC(=O)COc1cccc(Cl)c1. The second-order valence-electron chi connectivity index (χ2n) is 3.37. The van der Waals surface area contributed by atoms with Gasteiger partial charge in [0.15, 0.2) is 5.78 Å². The van der Waals surface area contributed by atoms with Gasteiger partial charge in [0.25, 0.3) is 0 Å². The molecule has 0 bridgehead atoms. The first-order chi connectivity index (χ1) is 8.99. The van der Waals surface area contributed by atoms with Crippen molar-refractivity contribution in [3.05, 3.63) is 29.3 Å². The molecule has 0 aliphatic carbocycles. The normalized spacial score (nSPS) is 11.3. The molecule has 0 saturated heterocycles. The Morgan fingerprint density at radius 3 is 2.53 bits per heavy atom. The number of halogens is 1. The van der Waals surface area contributed by atoms with Gasteiger partial charge in [0.2, 0.25) is 0 Å². The van der Waals surface area contributed by atoms with Crippen LogP contribution in [0, 0.1) is 0 Å². The average molecular weight is 309 g/mol. The molecule has 1 rings (SSSR count). The maximum absolute atomic E-state index is 11.5. The molecule has 0 atom stereocenters. The summed E-state index contributed by atoms with van der Waals surface area (Å²) in [6, 6.07) is 6.62. The highest BCUT2D eigenvalue weighted by Crippen LogP contribution is 2.47. The van der Waals surface area contributed by atoms with Gasteiger partial charge in [0, 0.05) is 19.2 Å². The fourth-order valence-corrected chi connectivity index (χ4v) is 1.94. The van der Waals surface area contributed by atoms with Gasteiger partial charge in [0.1, 0.15) is 19.0 Å². The lowest BCUT2D eigenvalue weighted by Crippen LogP contribution is -2.17. The van der Waals surface area contributed by atoms with Gasteiger partial charge in [-0.25, -0.2) is 4.57 Å². The van der Waals surface area contributed by atoms with Crippen LogP contribution in [0.5, 0.6) is 5.75 Å². The highest BCUT2D eigenvalue weighted by atomic mass is 35.5. The number of Topliss-reactive ketones (excluding diaryl/α,β-unsaturated/α-hetero) is 1. The number of phosphoric acid groups is 1. The molecule has 0 heterocycles. The zero-order valence-electron chi connectivity index (χ0n) is 10.5. The lowest BCUT2D eigenvalue weighted by atomic mass is 10.3. The minimum Gasteiger partial charge on any atom is -0.486 e. The summed E-state index contributed by atoms with van der Waals surface area (Å²) in [4.78, 5) is 11.5. The zero-order valence-corrected chi connectivity index (χ0v) is 12.1. The summed E-state index contributed by atoms with van der Waals surface area (Å²) in [6.07, 6.45) is 0. The van der Waals surface area contributed by atoms with Crippen molar-refractivity contribution in [2.45, 2.75) is 0 Å². The number of ketones is 1. The van der Waals surface area contributed by atoms with E-state index in [2.05, 4.69) is 9.05 Å². The highest BCUT2D eigenvalue weighted by molar-refractivity contribution is 7.48. The molecule has 0 radical (unpaired) electrons. The van der Waals surface area contributed by atoms with Crippen LogP contribution in [0.4, 0.5) is 0 Å². The molecule has 106 valence electrons. The molecule has 0 unspecified atom stereocenters. The molecule has 0 fully saturated rings. The molecule has 6 nitrogen and oxygen atoms in total. The fraction of sp³-hybridized carbons (Fsp3) is 0.364. The highest BCUT2D eigenvalue weighted by Gasteiger charge is 2.24. The molecule has 0 N–H and O–H groups in total. The number of benzene rings is 1. The van der Waals surface area contributed by atoms with E-state index in [9.17, 15) is 9.36 Å². The molecule has 0 spiro atoms. The van der Waals surface area contributed by atoms with E-state index < -0.39 is 20.2 Å². The topological polar surface area (TPSA) is 71.1 Å². The van der Waals surface area contributed by atoms with Gasteiger partial charge in [-0.3, -0.25) is 18.4 Å². The van der Waals surface area contributed by atoms with Crippen LogP contribution < -0.4 is 4.74 Å². The largest absolute Gasteiger partial charge is 0.486 e. The Morgan fingerprint density at radius 2 is 1.95 bits per heavy atom. The minimum absolute atomic E-state index is 0.228. The third-order valence-corrected chi connectivity index (χ3v) is 3.60. The molecular weight excluding hydrogens is 295 g/mol. The van der Waals surface area contributed by atoms with Gasteiger partial charge in [-0.05, 0) is 18.2 Å². The van der Waals surface area contributed by atoms with Gasteiger partial charge in [-0.2, -0.15) is 0 Å². The fourth-order valence-electron chi connectivity index (χ4n) is 1.09. The van der Waals surface area contributed by atoms with Crippen LogP contribution in [-0.2, 0) is 22.9 Å². The van der Waals surface area contributed by atoms with E-state index >= 15 is 0 Å². The van der Waals surface area contributed by atoms with E-state index in [1.807, 2.05) is 0 Å². The monoisotopic (exact) mass is 308 g/mol. The molecule has 0 saturated carbocycles. The Balaban J connectivity index is 2.38. The molecule has 0 amide bonds. The quantitative estimate of drug-likeness (QED) is 0.688. The van der Waals surface area contributed by atoms with Crippen LogP contribution in [0.15, 0.2) is 24.3 Å². The van der Waals surface area contributed by atoms with Crippen molar-refractivity contribution >= 4 is 25.2 Å². The number of ether oxygens (including phenoxy) is 1. The maximum Gasteiger partial charge on any atom is 0.474 e. The average Bonchev–Trinajstić information content (AvgIpc) is 2.42. The van der Waals surface area contributed by atoms with Crippen LogP contribution in [-0.4, -0.2) is 33.2 Å². The van der Waals surface area contributed by atoms with Crippen molar-refractivity contribution in [1.82, 2.24) is 0 Å². The van der Waals surface area contributed by atoms with Crippen molar-refractivity contribution < 1.29 is 27.7 Å². The summed E-state index contributed by atoms with van der Waals surface area (Å²) in [5, 5.41) is 0.504. The summed E-state index contributed by atoms with van der Waals surface area (Å²) in [5.41, 5.74) is 0. The second kappa shape index (κ2) is 7.62. The van der Waals surface area contributed by atoms with Crippen molar-refractivity contribution in [1.29, 1.82) is 0 Å². The summed E-state index contributed by atoms with van der Waals surface area (Å²) in [7, 11) is -1.31. The number of carbonyl (C=O) groups excluding carboxylic acids is 1. The summed E-state index contributed by atoms with van der Waals surface area (Å²) >= 11 is 5.76. The third kappa shape index (κ3) is 5.72. The van der Waals surface area contributed by atoms with Gasteiger partial charge >= 0.3 is 7.82 Å². The standard InChI is InChI=1S/C11H14ClO6P/c1-15-19(14,16-2)18-8-10(13)7-17-11-5-3-4-9(12)6-11/h3-6H,7-8H2,1-2H3. The number of rotatable bonds is 8. The third-order valence-electron chi connectivity index (χ3n) is 2.03. The van der Waals surface area contributed by atoms with E-state index in [-0.39, 0.29) is 6.61 Å². The van der Waals surface area contributed by atoms with Gasteiger partial charge in [-0.15, -0.1) is 0 Å². The molecule has 0 aliphatic heterocycles. The van der Waals surface area contributed by atoms with Crippen molar-refractivity contribution in [3.8, 4) is 5.75 Å². The molecule has 8 heteroatoms. The Hall–Kier alpha value is -0.910. The Bertz CT molecular complexity index is 470. The predicted molar refractivity (Wildman–Crippen MR) is 69.5 cm³/mol. The van der Waals surface area contributed by atoms with Crippen LogP contribution in [0.2, 0.25) is 5.02 Å². The Labute approximate surface area is 116 Å². The number of carbonyl (C=O) groups is 1. The second-order valence-corrected chi connectivity index (χ2v) is 5.69. The lowest BCUT2D eigenvalue weighted by Gasteiger charge is -2.12. The predicted octanol–water partition coefficient (Wildman–Crippen LogP) is 2.71. The van der Waals surface area contributed by atoms with E-state index in [0.29, 0.717) is 10.8 Å². The van der Waals surface area contributed by atoms with Crippen molar-refractivity contribution in [2.75, 3.05) is 27.4 Å². The zero-order chi connectivity index (χ0) is 14.3. The van der Waals surface area contributed by atoms with Crippen LogP contribution in [0.3, 0.4) is 0 Å². The number of hydrogen-bond donors (Lipinski definition) is 0. The van der Waals surface area contributed by atoms with Crippen LogP contribution in [0.1, 0.15) is 0 Å². The summed E-state index contributed by atoms with van der Waals surface area (Å²) < 4.78 is 30.5. The first kappa shape index (κ1) is 16.1. The van der Waals surface area contributed by atoms with Crippen molar-refractivity contribution in [2.24, 2.45) is 0 Å². The number of hydrogen-bond acceptors (Lipinski definition) is 6. The molecular formula is C11H14ClO6P. The molecule has 19 heavy (non-hydrogen) atoms.